The van der Waals surface area contributed by atoms with Gasteiger partial charge in [0.2, 0.25) is 0 Å². The number of rotatable bonds is 6. The summed E-state index contributed by atoms with van der Waals surface area (Å²) >= 11 is 4.93. The van der Waals surface area contributed by atoms with E-state index in [0.717, 1.165) is 33.0 Å². The number of hydrogen-bond acceptors (Lipinski definition) is 5. The third-order valence-electron chi connectivity index (χ3n) is 6.89. The molecule has 0 unspecified atom stereocenters. The largest absolute Gasteiger partial charge is 0.480 e. The molecule has 0 amide bonds. The van der Waals surface area contributed by atoms with Crippen LogP contribution in [-0.4, -0.2) is 36.4 Å². The summed E-state index contributed by atoms with van der Waals surface area (Å²) in [5.74, 6) is -0.750. The molecule has 0 saturated heterocycles. The minimum atomic E-state index is -1.03. The molecule has 1 N–H and O–H groups in total. The van der Waals surface area contributed by atoms with Crippen LogP contribution in [0, 0.1) is 6.92 Å². The van der Waals surface area contributed by atoms with Gasteiger partial charge in [-0.05, 0) is 50.3 Å². The van der Waals surface area contributed by atoms with Crippen LogP contribution < -0.4 is 5.56 Å². The fourth-order valence-corrected chi connectivity index (χ4v) is 6.82. The van der Waals surface area contributed by atoms with Crippen LogP contribution in [0.25, 0.3) is 22.0 Å². The first-order valence-electron chi connectivity index (χ1n) is 12.2. The van der Waals surface area contributed by atoms with E-state index in [9.17, 15) is 14.7 Å². The molecular weight excluding hydrogens is 564 g/mol. The molecule has 3 heterocycles. The SMILES string of the molecule is Cc1ccc(Cn2cc(-c3c(Cc4cccc5ccccc45)c(Br)c(=O)n4c3SC[C@H]4C(=O)O)nn2)cc1. The summed E-state index contributed by atoms with van der Waals surface area (Å²) in [6.07, 6.45) is 2.34. The molecule has 6 rings (SSSR count). The van der Waals surface area contributed by atoms with Gasteiger partial charge in [-0.2, -0.15) is 0 Å². The van der Waals surface area contributed by atoms with E-state index in [4.69, 9.17) is 0 Å². The maximum Gasteiger partial charge on any atom is 0.327 e. The van der Waals surface area contributed by atoms with Crippen LogP contribution in [0.4, 0.5) is 0 Å². The Morgan fingerprint density at radius 3 is 2.66 bits per heavy atom. The lowest BCUT2D eigenvalue weighted by molar-refractivity contribution is -0.140. The van der Waals surface area contributed by atoms with E-state index in [1.54, 1.807) is 4.68 Å². The average molecular weight is 587 g/mol. The summed E-state index contributed by atoms with van der Waals surface area (Å²) in [6, 6.07) is 21.6. The molecule has 2 aromatic heterocycles. The number of fused-ring (bicyclic) bond motifs is 2. The molecule has 38 heavy (non-hydrogen) atoms. The van der Waals surface area contributed by atoms with E-state index >= 15 is 0 Å². The monoisotopic (exact) mass is 586 g/mol. The highest BCUT2D eigenvalue weighted by atomic mass is 79.9. The first kappa shape index (κ1) is 24.6. The van der Waals surface area contributed by atoms with Crippen molar-refractivity contribution in [3.63, 3.8) is 0 Å². The molecule has 1 aliphatic heterocycles. The number of pyridine rings is 1. The van der Waals surface area contributed by atoms with Crippen LogP contribution in [0.3, 0.4) is 0 Å². The van der Waals surface area contributed by atoms with Crippen molar-refractivity contribution in [1.29, 1.82) is 0 Å². The van der Waals surface area contributed by atoms with Gasteiger partial charge in [-0.15, -0.1) is 16.9 Å². The van der Waals surface area contributed by atoms with Crippen LogP contribution in [0.2, 0.25) is 0 Å². The molecule has 1 atom stereocenters. The number of carboxylic acid groups (broad SMARTS) is 1. The van der Waals surface area contributed by atoms with Gasteiger partial charge in [0, 0.05) is 17.7 Å². The molecule has 0 fully saturated rings. The predicted octanol–water partition coefficient (Wildman–Crippen LogP) is 5.70. The van der Waals surface area contributed by atoms with Crippen LogP contribution in [0.15, 0.2) is 87.2 Å². The van der Waals surface area contributed by atoms with Crippen LogP contribution in [0.5, 0.6) is 0 Å². The van der Waals surface area contributed by atoms with Gasteiger partial charge < -0.3 is 5.11 Å². The summed E-state index contributed by atoms with van der Waals surface area (Å²) in [4.78, 5) is 25.5. The number of hydrogen-bond donors (Lipinski definition) is 1. The van der Waals surface area contributed by atoms with Crippen molar-refractivity contribution in [2.24, 2.45) is 0 Å². The van der Waals surface area contributed by atoms with E-state index in [1.807, 2.05) is 31.3 Å². The number of aliphatic carboxylic acids is 1. The predicted molar refractivity (Wildman–Crippen MR) is 152 cm³/mol. The summed E-state index contributed by atoms with van der Waals surface area (Å²) in [5.41, 5.74) is 5.13. The van der Waals surface area contributed by atoms with E-state index in [1.165, 1.54) is 21.9 Å². The van der Waals surface area contributed by atoms with E-state index < -0.39 is 12.0 Å². The van der Waals surface area contributed by atoms with Gasteiger partial charge in [-0.25, -0.2) is 9.48 Å². The van der Waals surface area contributed by atoms with Gasteiger partial charge in [0.15, 0.2) is 0 Å². The van der Waals surface area contributed by atoms with Crippen molar-refractivity contribution in [1.82, 2.24) is 19.6 Å². The first-order valence-corrected chi connectivity index (χ1v) is 13.9. The van der Waals surface area contributed by atoms with Crippen molar-refractivity contribution in [2.75, 3.05) is 5.75 Å². The first-order chi connectivity index (χ1) is 18.4. The molecule has 9 heteroatoms. The Hall–Kier alpha value is -3.69. The van der Waals surface area contributed by atoms with Gasteiger partial charge >= 0.3 is 5.97 Å². The average Bonchev–Trinajstić information content (AvgIpc) is 3.57. The fraction of sp³-hybridized carbons (Fsp3) is 0.172. The van der Waals surface area contributed by atoms with Crippen molar-refractivity contribution < 1.29 is 9.90 Å². The Kier molecular flexibility index (Phi) is 6.41. The lowest BCUT2D eigenvalue weighted by Crippen LogP contribution is -2.30. The lowest BCUT2D eigenvalue weighted by Gasteiger charge is -2.18. The third-order valence-corrected chi connectivity index (χ3v) is 8.86. The Labute approximate surface area is 231 Å². The zero-order valence-electron chi connectivity index (χ0n) is 20.5. The maximum atomic E-state index is 13.5. The minimum absolute atomic E-state index is 0.277. The summed E-state index contributed by atoms with van der Waals surface area (Å²) in [5, 5.41) is 21.5. The zero-order chi connectivity index (χ0) is 26.4. The summed E-state index contributed by atoms with van der Waals surface area (Å²) in [6.45, 7) is 2.60. The zero-order valence-corrected chi connectivity index (χ0v) is 22.9. The van der Waals surface area contributed by atoms with Crippen LogP contribution >= 0.6 is 27.7 Å². The molecule has 0 radical (unpaired) electrons. The van der Waals surface area contributed by atoms with Crippen LogP contribution in [-0.2, 0) is 17.8 Å². The van der Waals surface area contributed by atoms with Gasteiger partial charge in [-0.3, -0.25) is 9.36 Å². The molecule has 3 aromatic carbocycles. The Bertz CT molecular complexity index is 1760. The van der Waals surface area contributed by atoms with Gasteiger partial charge in [0.05, 0.1) is 22.2 Å². The Balaban J connectivity index is 1.51. The fourth-order valence-electron chi connectivity index (χ4n) is 4.96. The molecule has 5 aromatic rings. The van der Waals surface area contributed by atoms with Crippen molar-refractivity contribution in [3.8, 4) is 11.3 Å². The number of carboxylic acids is 1. The van der Waals surface area contributed by atoms with E-state index in [0.29, 0.717) is 28.2 Å². The smallest absolute Gasteiger partial charge is 0.327 e. The van der Waals surface area contributed by atoms with Crippen molar-refractivity contribution in [2.45, 2.75) is 31.0 Å². The number of carbonyl (C=O) groups is 1. The normalized spacial score (nSPS) is 14.6. The molecule has 0 spiro atoms. The Morgan fingerprint density at radius 2 is 1.87 bits per heavy atom. The minimum Gasteiger partial charge on any atom is -0.480 e. The maximum absolute atomic E-state index is 13.5. The molecule has 190 valence electrons. The van der Waals surface area contributed by atoms with Crippen LogP contribution in [0.1, 0.15) is 28.3 Å². The number of thioether (sulfide) groups is 1. The number of nitrogens with zero attached hydrogens (tertiary/aromatic N) is 4. The quantitative estimate of drug-likeness (QED) is 0.274. The second kappa shape index (κ2) is 9.89. The summed E-state index contributed by atoms with van der Waals surface area (Å²) in [7, 11) is 0. The highest BCUT2D eigenvalue weighted by molar-refractivity contribution is 9.10. The highest BCUT2D eigenvalue weighted by Crippen LogP contribution is 2.43. The van der Waals surface area contributed by atoms with Gasteiger partial charge in [0.1, 0.15) is 11.7 Å². The molecule has 0 saturated carbocycles. The number of aryl methyl sites for hydroxylation is 1. The second-order valence-electron chi connectivity index (χ2n) is 9.41. The van der Waals surface area contributed by atoms with Gasteiger partial charge in [-0.1, -0.05) is 77.5 Å². The number of aromatic nitrogens is 4. The summed E-state index contributed by atoms with van der Waals surface area (Å²) < 4.78 is 3.51. The highest BCUT2D eigenvalue weighted by Gasteiger charge is 2.35. The standard InChI is InChI=1S/C29H23BrN4O3S/c1-17-9-11-18(12-10-17)14-33-15-23(31-32-33)25-22(13-20-7-4-6-19-5-2-3-8-21(19)20)26(30)27(35)34-24(29(36)37)16-38-28(25)34/h2-12,15,24H,13-14,16H2,1H3,(H,36,37)/t24-/m0/s1. The van der Waals surface area contributed by atoms with Gasteiger partial charge in [0.25, 0.3) is 5.56 Å². The lowest BCUT2D eigenvalue weighted by atomic mass is 9.95. The molecular formula is C29H23BrN4O3S. The second-order valence-corrected chi connectivity index (χ2v) is 11.2. The molecule has 7 nitrogen and oxygen atoms in total. The molecule has 0 aliphatic carbocycles. The topological polar surface area (TPSA) is 90.0 Å². The molecule has 1 aliphatic rings. The molecule has 0 bridgehead atoms. The Morgan fingerprint density at radius 1 is 1.11 bits per heavy atom. The van der Waals surface area contributed by atoms with E-state index in [2.05, 4.69) is 74.8 Å². The third kappa shape index (κ3) is 4.35. The number of benzene rings is 3. The number of halogens is 1. The van der Waals surface area contributed by atoms with Crippen molar-refractivity contribution in [3.05, 3.63) is 110 Å². The van der Waals surface area contributed by atoms with Crippen molar-refractivity contribution >= 4 is 44.4 Å². The van der Waals surface area contributed by atoms with E-state index in [-0.39, 0.29) is 11.3 Å².